The number of aromatic hydroxyl groups is 1. The van der Waals surface area contributed by atoms with Crippen molar-refractivity contribution in [3.05, 3.63) is 46.6 Å². The van der Waals surface area contributed by atoms with E-state index in [1.54, 1.807) is 38.4 Å². The van der Waals surface area contributed by atoms with Gasteiger partial charge in [0.05, 0.1) is 31.7 Å². The number of ether oxygens (including phenoxy) is 2. The highest BCUT2D eigenvalue weighted by Gasteiger charge is 2.15. The number of carbonyl (C=O) groups is 2. The minimum atomic E-state index is -0.323. The molecule has 0 saturated heterocycles. The number of amides is 2. The summed E-state index contributed by atoms with van der Waals surface area (Å²) in [6.07, 6.45) is 3.14. The summed E-state index contributed by atoms with van der Waals surface area (Å²) < 4.78 is 11.7. The molecule has 11 nitrogen and oxygen atoms in total. The maximum atomic E-state index is 12.7. The number of hydrogen-bond acceptors (Lipinski definition) is 9. The number of nitrogens with zero attached hydrogens (tertiary/aromatic N) is 3. The van der Waals surface area contributed by atoms with Gasteiger partial charge in [-0.25, -0.2) is 4.98 Å². The van der Waals surface area contributed by atoms with Crippen molar-refractivity contribution in [2.24, 2.45) is 0 Å². The summed E-state index contributed by atoms with van der Waals surface area (Å²) in [7, 11) is 1.60. The van der Waals surface area contributed by atoms with Gasteiger partial charge < -0.3 is 30.5 Å². The number of aromatic nitrogens is 3. The maximum Gasteiger partial charge on any atom is 0.267 e. The van der Waals surface area contributed by atoms with E-state index in [1.165, 1.54) is 22.2 Å². The Morgan fingerprint density at radius 1 is 1.18 bits per heavy atom. The van der Waals surface area contributed by atoms with E-state index in [0.29, 0.717) is 53.4 Å². The number of methoxy groups -OCH3 is 1. The van der Waals surface area contributed by atoms with Crippen LogP contribution in [0.15, 0.2) is 30.6 Å². The van der Waals surface area contributed by atoms with Crippen LogP contribution in [0.25, 0.3) is 0 Å². The molecule has 0 bridgehead atoms. The first-order valence-corrected chi connectivity index (χ1v) is 11.4. The van der Waals surface area contributed by atoms with Crippen molar-refractivity contribution in [3.8, 4) is 5.75 Å². The van der Waals surface area contributed by atoms with Crippen molar-refractivity contribution in [2.75, 3.05) is 44.1 Å². The van der Waals surface area contributed by atoms with E-state index < -0.39 is 0 Å². The van der Waals surface area contributed by atoms with Gasteiger partial charge in [-0.15, -0.1) is 0 Å². The highest BCUT2D eigenvalue weighted by atomic mass is 32.1. The van der Waals surface area contributed by atoms with Crippen molar-refractivity contribution in [2.45, 2.75) is 20.4 Å². The van der Waals surface area contributed by atoms with Crippen molar-refractivity contribution in [3.63, 3.8) is 0 Å². The molecule has 0 aliphatic rings. The lowest BCUT2D eigenvalue weighted by Gasteiger charge is -2.11. The summed E-state index contributed by atoms with van der Waals surface area (Å²) in [5, 5.41) is 23.3. The fourth-order valence-electron chi connectivity index (χ4n) is 2.98. The Kier molecular flexibility index (Phi) is 8.96. The number of benzene rings is 1. The molecule has 0 spiro atoms. The second-order valence-corrected chi connectivity index (χ2v) is 8.39. The van der Waals surface area contributed by atoms with Crippen LogP contribution >= 0.6 is 11.3 Å². The molecule has 0 fully saturated rings. The summed E-state index contributed by atoms with van der Waals surface area (Å²) in [6.45, 7) is 5.47. The molecule has 4 N–H and O–H groups in total. The Morgan fingerprint density at radius 2 is 2.00 bits per heavy atom. The van der Waals surface area contributed by atoms with Gasteiger partial charge in [-0.2, -0.15) is 5.10 Å². The first kappa shape index (κ1) is 25.1. The number of hydrogen-bond donors (Lipinski definition) is 4. The Morgan fingerprint density at radius 3 is 2.79 bits per heavy atom. The number of nitrogens with one attached hydrogen (secondary N) is 3. The second kappa shape index (κ2) is 12.1. The van der Waals surface area contributed by atoms with Crippen molar-refractivity contribution >= 4 is 39.8 Å². The quantitative estimate of drug-likeness (QED) is 0.285. The zero-order valence-electron chi connectivity index (χ0n) is 19.3. The minimum absolute atomic E-state index is 0.0634. The monoisotopic (exact) mass is 488 g/mol. The predicted octanol–water partition coefficient (Wildman–Crippen LogP) is 2.44. The van der Waals surface area contributed by atoms with Crippen LogP contribution in [0.5, 0.6) is 5.75 Å². The highest BCUT2D eigenvalue weighted by Crippen LogP contribution is 2.29. The molecule has 0 saturated carbocycles. The molecule has 0 atom stereocenters. The molecule has 2 aromatic heterocycles. The van der Waals surface area contributed by atoms with E-state index in [2.05, 4.69) is 26.0 Å². The minimum Gasteiger partial charge on any atom is -0.508 e. The standard InChI is InChI=1S/C22H28N6O5S/c1-14-4-5-16(29)15(2)20(14)26-21(31)17-12-24-22(34-17)25-18-6-8-28(27-18)13-19(30)23-7-9-33-11-10-32-3/h4-6,8,12,29H,7,9-11,13H2,1-3H3,(H,23,30)(H,26,31)(H,24,25,27). The van der Waals surface area contributed by atoms with Gasteiger partial charge in [-0.3, -0.25) is 14.3 Å². The Hall–Kier alpha value is -3.48. The van der Waals surface area contributed by atoms with Crippen LogP contribution in [0, 0.1) is 13.8 Å². The Bertz CT molecular complexity index is 1130. The number of thiazole rings is 1. The highest BCUT2D eigenvalue weighted by molar-refractivity contribution is 7.17. The third kappa shape index (κ3) is 7.01. The molecule has 0 aliphatic heterocycles. The van der Waals surface area contributed by atoms with E-state index in [-0.39, 0.29) is 24.1 Å². The zero-order valence-corrected chi connectivity index (χ0v) is 20.1. The van der Waals surface area contributed by atoms with Crippen LogP contribution in [0.4, 0.5) is 16.6 Å². The van der Waals surface area contributed by atoms with Gasteiger partial charge in [-0.05, 0) is 25.5 Å². The third-order valence-electron chi connectivity index (χ3n) is 4.79. The number of anilines is 3. The zero-order chi connectivity index (χ0) is 24.5. The first-order valence-electron chi connectivity index (χ1n) is 10.6. The number of phenolic OH excluding ortho intramolecular Hbond substituents is 1. The Balaban J connectivity index is 1.49. The van der Waals surface area contributed by atoms with Crippen LogP contribution < -0.4 is 16.0 Å². The lowest BCUT2D eigenvalue weighted by Crippen LogP contribution is -2.31. The molecule has 0 aliphatic carbocycles. The molecule has 2 heterocycles. The molecule has 2 amide bonds. The lowest BCUT2D eigenvalue weighted by atomic mass is 10.1. The van der Waals surface area contributed by atoms with Gasteiger partial charge >= 0.3 is 0 Å². The molecular weight excluding hydrogens is 460 g/mol. The van der Waals surface area contributed by atoms with E-state index in [9.17, 15) is 14.7 Å². The van der Waals surface area contributed by atoms with Crippen LogP contribution in [-0.4, -0.2) is 65.2 Å². The summed E-state index contributed by atoms with van der Waals surface area (Å²) >= 11 is 1.17. The molecule has 0 radical (unpaired) electrons. The van der Waals surface area contributed by atoms with E-state index >= 15 is 0 Å². The normalized spacial score (nSPS) is 10.8. The van der Waals surface area contributed by atoms with Gasteiger partial charge in [0.1, 0.15) is 17.2 Å². The van der Waals surface area contributed by atoms with Gasteiger partial charge in [0, 0.05) is 31.5 Å². The summed E-state index contributed by atoms with van der Waals surface area (Å²) in [5.74, 6) is 0.107. The first-order chi connectivity index (χ1) is 16.4. The van der Waals surface area contributed by atoms with E-state index in [4.69, 9.17) is 9.47 Å². The van der Waals surface area contributed by atoms with Crippen LogP contribution in [0.2, 0.25) is 0 Å². The van der Waals surface area contributed by atoms with Gasteiger partial charge in [0.15, 0.2) is 10.9 Å². The van der Waals surface area contributed by atoms with Crippen LogP contribution in [-0.2, 0) is 20.8 Å². The molecule has 0 unspecified atom stereocenters. The Labute approximate surface area is 201 Å². The van der Waals surface area contributed by atoms with E-state index in [0.717, 1.165) is 5.56 Å². The molecule has 182 valence electrons. The molecule has 3 aromatic rings. The number of aryl methyl sites for hydroxylation is 1. The lowest BCUT2D eigenvalue weighted by molar-refractivity contribution is -0.122. The maximum absolute atomic E-state index is 12.7. The fourth-order valence-corrected chi connectivity index (χ4v) is 3.69. The molecule has 1 aromatic carbocycles. The van der Waals surface area contributed by atoms with Gasteiger partial charge in [0.25, 0.3) is 5.91 Å². The fraction of sp³-hybridized carbons (Fsp3) is 0.364. The van der Waals surface area contributed by atoms with Crippen LogP contribution in [0.3, 0.4) is 0 Å². The average Bonchev–Trinajstić information content (AvgIpc) is 3.46. The van der Waals surface area contributed by atoms with E-state index in [1.807, 2.05) is 6.92 Å². The number of carbonyl (C=O) groups excluding carboxylic acids is 2. The van der Waals surface area contributed by atoms with Crippen molar-refractivity contribution in [1.29, 1.82) is 0 Å². The molecule has 12 heteroatoms. The smallest absolute Gasteiger partial charge is 0.267 e. The summed E-state index contributed by atoms with van der Waals surface area (Å²) in [4.78, 5) is 29.3. The largest absolute Gasteiger partial charge is 0.508 e. The summed E-state index contributed by atoms with van der Waals surface area (Å²) in [6, 6.07) is 5.05. The summed E-state index contributed by atoms with van der Waals surface area (Å²) in [5.41, 5.74) is 2.02. The molecular formula is C22H28N6O5S. The SMILES string of the molecule is COCCOCCNC(=O)Cn1ccc(Nc2ncc(C(=O)Nc3c(C)ccc(O)c3C)s2)n1. The topological polar surface area (TPSA) is 140 Å². The van der Waals surface area contributed by atoms with Crippen LogP contribution in [0.1, 0.15) is 20.8 Å². The van der Waals surface area contributed by atoms with Crippen molar-refractivity contribution < 1.29 is 24.2 Å². The molecule has 34 heavy (non-hydrogen) atoms. The second-order valence-electron chi connectivity index (χ2n) is 7.36. The predicted molar refractivity (Wildman–Crippen MR) is 129 cm³/mol. The van der Waals surface area contributed by atoms with Gasteiger partial charge in [-0.1, -0.05) is 17.4 Å². The van der Waals surface area contributed by atoms with Crippen molar-refractivity contribution in [1.82, 2.24) is 20.1 Å². The third-order valence-corrected chi connectivity index (χ3v) is 5.71. The molecule has 3 rings (SSSR count). The number of rotatable bonds is 12. The average molecular weight is 489 g/mol. The van der Waals surface area contributed by atoms with Gasteiger partial charge in [0.2, 0.25) is 5.91 Å². The number of phenols is 1.